The van der Waals surface area contributed by atoms with Crippen LogP contribution >= 0.6 is 0 Å². The van der Waals surface area contributed by atoms with E-state index in [9.17, 15) is 14.4 Å². The van der Waals surface area contributed by atoms with Crippen LogP contribution in [0.5, 0.6) is 0 Å². The van der Waals surface area contributed by atoms with E-state index in [4.69, 9.17) is 5.73 Å². The summed E-state index contributed by atoms with van der Waals surface area (Å²) in [5, 5.41) is 8.10. The zero-order valence-corrected chi connectivity index (χ0v) is 13.4. The van der Waals surface area contributed by atoms with Gasteiger partial charge in [-0.15, -0.1) is 0 Å². The second-order valence-electron chi connectivity index (χ2n) is 5.03. The van der Waals surface area contributed by atoms with Gasteiger partial charge in [0.25, 0.3) is 0 Å². The van der Waals surface area contributed by atoms with Crippen molar-refractivity contribution in [2.24, 2.45) is 5.73 Å². The number of benzene rings is 1. The van der Waals surface area contributed by atoms with Gasteiger partial charge >= 0.3 is 6.09 Å². The summed E-state index contributed by atoms with van der Waals surface area (Å²) in [6, 6.07) is 5.69. The van der Waals surface area contributed by atoms with Crippen molar-refractivity contribution in [1.29, 1.82) is 0 Å². The van der Waals surface area contributed by atoms with E-state index in [0.29, 0.717) is 5.69 Å². The average Bonchev–Trinajstić information content (AvgIpc) is 2.53. The van der Waals surface area contributed by atoms with E-state index in [-0.39, 0.29) is 24.5 Å². The van der Waals surface area contributed by atoms with Gasteiger partial charge in [0.05, 0.1) is 6.04 Å². The van der Waals surface area contributed by atoms with E-state index in [1.54, 1.807) is 45.2 Å². The fourth-order valence-corrected chi connectivity index (χ4v) is 1.62. The van der Waals surface area contributed by atoms with Gasteiger partial charge in [-0.05, 0) is 38.6 Å². The molecule has 0 fully saturated rings. The van der Waals surface area contributed by atoms with Gasteiger partial charge in [-0.25, -0.2) is 4.79 Å². The Morgan fingerprint density at radius 2 is 1.70 bits per heavy atom. The first-order valence-corrected chi connectivity index (χ1v) is 7.13. The lowest BCUT2D eigenvalue weighted by Crippen LogP contribution is -2.48. The van der Waals surface area contributed by atoms with E-state index < -0.39 is 12.1 Å². The first-order chi connectivity index (χ1) is 10.8. The van der Waals surface area contributed by atoms with Crippen LogP contribution in [0.2, 0.25) is 0 Å². The zero-order valence-electron chi connectivity index (χ0n) is 13.4. The summed E-state index contributed by atoms with van der Waals surface area (Å²) < 4.78 is 4.66. The van der Waals surface area contributed by atoms with Crippen molar-refractivity contribution in [2.75, 3.05) is 12.4 Å². The first-order valence-electron chi connectivity index (χ1n) is 7.13. The van der Waals surface area contributed by atoms with Crippen LogP contribution in [-0.2, 0) is 20.9 Å². The van der Waals surface area contributed by atoms with Crippen LogP contribution in [0, 0.1) is 0 Å². The lowest BCUT2D eigenvalue weighted by atomic mass is 10.2. The third-order valence-electron chi connectivity index (χ3n) is 3.18. The second-order valence-corrected chi connectivity index (χ2v) is 5.03. The molecule has 0 heterocycles. The molecule has 1 aromatic carbocycles. The summed E-state index contributed by atoms with van der Waals surface area (Å²) in [4.78, 5) is 34.3. The van der Waals surface area contributed by atoms with E-state index >= 15 is 0 Å². The number of hydrogen-bond donors (Lipinski definition) is 4. The Morgan fingerprint density at radius 1 is 1.09 bits per heavy atom. The standard InChI is InChI=1S/C15H22N4O4/c1-9(17-3)13(20)18-10(2)14(21)19-12-6-4-11(5-7-12)8-23-15(16)22/h4-7,9-10,17H,8H2,1-3H3,(H2,16,22)(H,18,20)(H,19,21). The molecule has 0 bridgehead atoms. The maximum absolute atomic E-state index is 12.0. The Balaban J connectivity index is 2.53. The summed E-state index contributed by atoms with van der Waals surface area (Å²) in [5.74, 6) is -0.586. The number of rotatable bonds is 7. The van der Waals surface area contributed by atoms with Gasteiger partial charge < -0.3 is 26.4 Å². The monoisotopic (exact) mass is 322 g/mol. The topological polar surface area (TPSA) is 123 Å². The number of ether oxygens (including phenoxy) is 1. The smallest absolute Gasteiger partial charge is 0.404 e. The molecule has 8 heteroatoms. The quantitative estimate of drug-likeness (QED) is 0.576. The number of amides is 3. The van der Waals surface area contributed by atoms with Crippen molar-refractivity contribution >= 4 is 23.6 Å². The van der Waals surface area contributed by atoms with E-state index in [2.05, 4.69) is 20.7 Å². The average molecular weight is 322 g/mol. The highest BCUT2D eigenvalue weighted by Gasteiger charge is 2.18. The van der Waals surface area contributed by atoms with Gasteiger partial charge in [0.2, 0.25) is 11.8 Å². The van der Waals surface area contributed by atoms with Gasteiger partial charge in [0.1, 0.15) is 12.6 Å². The molecule has 2 atom stereocenters. The molecule has 5 N–H and O–H groups in total. The molecule has 8 nitrogen and oxygen atoms in total. The molecule has 0 saturated carbocycles. The summed E-state index contributed by atoms with van der Waals surface area (Å²) >= 11 is 0. The molecule has 1 rings (SSSR count). The van der Waals surface area contributed by atoms with Crippen LogP contribution in [0.15, 0.2) is 24.3 Å². The third kappa shape index (κ3) is 6.35. The summed E-state index contributed by atoms with van der Waals surface area (Å²) in [6.45, 7) is 3.37. The predicted octanol–water partition coefficient (Wildman–Crippen LogP) is 0.333. The van der Waals surface area contributed by atoms with Crippen LogP contribution in [0.3, 0.4) is 0 Å². The summed E-state index contributed by atoms with van der Waals surface area (Å²) in [5.41, 5.74) is 6.19. The lowest BCUT2D eigenvalue weighted by Gasteiger charge is -2.17. The van der Waals surface area contributed by atoms with Gasteiger partial charge in [-0.2, -0.15) is 0 Å². The molecule has 0 saturated heterocycles. The minimum Gasteiger partial charge on any atom is -0.445 e. The number of hydrogen-bond acceptors (Lipinski definition) is 5. The molecule has 0 aromatic heterocycles. The fourth-order valence-electron chi connectivity index (χ4n) is 1.62. The zero-order chi connectivity index (χ0) is 17.4. The maximum Gasteiger partial charge on any atom is 0.404 e. The van der Waals surface area contributed by atoms with Crippen molar-refractivity contribution in [1.82, 2.24) is 10.6 Å². The molecule has 3 amide bonds. The number of nitrogens with two attached hydrogens (primary N) is 1. The Kier molecular flexibility index (Phi) is 7.01. The largest absolute Gasteiger partial charge is 0.445 e. The van der Waals surface area contributed by atoms with E-state index in [0.717, 1.165) is 5.56 Å². The van der Waals surface area contributed by atoms with Crippen LogP contribution < -0.4 is 21.7 Å². The minimum atomic E-state index is -0.845. The van der Waals surface area contributed by atoms with Gasteiger partial charge in [-0.3, -0.25) is 9.59 Å². The van der Waals surface area contributed by atoms with Crippen molar-refractivity contribution < 1.29 is 19.1 Å². The molecule has 0 aliphatic rings. The Labute approximate surface area is 134 Å². The number of anilines is 1. The molecule has 0 aliphatic carbocycles. The van der Waals surface area contributed by atoms with Crippen LogP contribution in [0.4, 0.5) is 10.5 Å². The molecule has 0 aliphatic heterocycles. The van der Waals surface area contributed by atoms with Crippen LogP contribution in [-0.4, -0.2) is 37.0 Å². The van der Waals surface area contributed by atoms with Crippen molar-refractivity contribution in [3.8, 4) is 0 Å². The fraction of sp³-hybridized carbons (Fsp3) is 0.400. The van der Waals surface area contributed by atoms with Crippen LogP contribution in [0.25, 0.3) is 0 Å². The number of primary amides is 1. The Hall–Kier alpha value is -2.61. The highest BCUT2D eigenvalue weighted by Crippen LogP contribution is 2.11. The number of carbonyl (C=O) groups is 3. The summed E-state index contributed by atoms with van der Waals surface area (Å²) in [7, 11) is 1.67. The van der Waals surface area contributed by atoms with Gasteiger partial charge in [-0.1, -0.05) is 12.1 Å². The number of nitrogens with one attached hydrogen (secondary N) is 3. The SMILES string of the molecule is CNC(C)C(=O)NC(C)C(=O)Nc1ccc(COC(N)=O)cc1. The van der Waals surface area contributed by atoms with Crippen molar-refractivity contribution in [2.45, 2.75) is 32.5 Å². The summed E-state index contributed by atoms with van der Waals surface area (Å²) in [6.07, 6.45) is -0.845. The maximum atomic E-state index is 12.0. The predicted molar refractivity (Wildman–Crippen MR) is 85.6 cm³/mol. The first kappa shape index (κ1) is 18.4. The second kappa shape index (κ2) is 8.74. The molecule has 23 heavy (non-hydrogen) atoms. The van der Waals surface area contributed by atoms with Crippen LogP contribution in [0.1, 0.15) is 19.4 Å². The molecule has 126 valence electrons. The highest BCUT2D eigenvalue weighted by atomic mass is 16.5. The van der Waals surface area contributed by atoms with E-state index in [1.807, 2.05) is 0 Å². The van der Waals surface area contributed by atoms with Crippen molar-refractivity contribution in [3.63, 3.8) is 0 Å². The molecular formula is C15H22N4O4. The number of likely N-dealkylation sites (N-methyl/N-ethyl adjacent to an activating group) is 1. The molecule has 2 unspecified atom stereocenters. The third-order valence-corrected chi connectivity index (χ3v) is 3.18. The molecule has 0 spiro atoms. The number of carbonyl (C=O) groups excluding carboxylic acids is 3. The lowest BCUT2D eigenvalue weighted by molar-refractivity contribution is -0.127. The molecule has 1 aromatic rings. The molecular weight excluding hydrogens is 300 g/mol. The van der Waals surface area contributed by atoms with Gasteiger partial charge in [0.15, 0.2) is 0 Å². The van der Waals surface area contributed by atoms with Gasteiger partial charge in [0, 0.05) is 5.69 Å². The molecule has 0 radical (unpaired) electrons. The van der Waals surface area contributed by atoms with E-state index in [1.165, 1.54) is 0 Å². The van der Waals surface area contributed by atoms with Crippen molar-refractivity contribution in [3.05, 3.63) is 29.8 Å². The normalized spacial score (nSPS) is 12.8. The minimum absolute atomic E-state index is 0.0674. The highest BCUT2D eigenvalue weighted by molar-refractivity contribution is 5.97. The Morgan fingerprint density at radius 3 is 2.22 bits per heavy atom. The Bertz CT molecular complexity index is 559.